The van der Waals surface area contributed by atoms with Gasteiger partial charge in [0, 0.05) is 12.4 Å². The number of nitrogens with zero attached hydrogens (tertiary/aromatic N) is 2. The number of hydrogen-bond acceptors (Lipinski definition) is 2. The average molecular weight is 277 g/mol. The lowest BCUT2D eigenvalue weighted by Gasteiger charge is -2.09. The first-order chi connectivity index (χ1) is 8.00. The zero-order chi connectivity index (χ0) is 12.5. The van der Waals surface area contributed by atoms with Crippen LogP contribution in [0.3, 0.4) is 0 Å². The molecule has 2 rings (SSSR count). The van der Waals surface area contributed by atoms with Crippen LogP contribution in [0.4, 0.5) is 13.2 Å². The molecule has 0 saturated heterocycles. The fourth-order valence-corrected chi connectivity index (χ4v) is 1.39. The quantitative estimate of drug-likeness (QED) is 0.803. The van der Waals surface area contributed by atoms with Crippen molar-refractivity contribution in [2.45, 2.75) is 6.18 Å². The molecule has 0 unspecified atom stereocenters. The minimum atomic E-state index is -4.66. The summed E-state index contributed by atoms with van der Waals surface area (Å²) in [5.41, 5.74) is -2.33. The number of pyridine rings is 2. The summed E-state index contributed by atoms with van der Waals surface area (Å²) in [6.07, 6.45) is -2.00. The average Bonchev–Trinajstić information content (AvgIpc) is 2.29. The molecular weight excluding hydrogens is 269 g/mol. The van der Waals surface area contributed by atoms with Gasteiger partial charge in [-0.2, -0.15) is 13.2 Å². The predicted molar refractivity (Wildman–Crippen MR) is 62.1 cm³/mol. The van der Waals surface area contributed by atoms with E-state index >= 15 is 0 Å². The molecule has 2 aromatic rings. The Kier molecular flexibility index (Phi) is 4.13. The van der Waals surface area contributed by atoms with Crippen molar-refractivity contribution in [3.8, 4) is 5.82 Å². The smallest absolute Gasteiger partial charge is 0.268 e. The Morgan fingerprint density at radius 2 is 1.83 bits per heavy atom. The topological polar surface area (TPSA) is 34.9 Å². The number of aromatic nitrogens is 2. The van der Waals surface area contributed by atoms with Gasteiger partial charge in [-0.05, 0) is 24.3 Å². The Morgan fingerprint density at radius 1 is 1.11 bits per heavy atom. The Labute approximate surface area is 106 Å². The molecule has 0 fully saturated rings. The SMILES string of the molecule is Cl.O=c1c(C(F)(F)F)cccn1-c1ccccn1. The highest BCUT2D eigenvalue weighted by Gasteiger charge is 2.34. The lowest BCUT2D eigenvalue weighted by atomic mass is 10.2. The van der Waals surface area contributed by atoms with Gasteiger partial charge < -0.3 is 0 Å². The van der Waals surface area contributed by atoms with Crippen molar-refractivity contribution in [2.75, 3.05) is 0 Å². The maximum absolute atomic E-state index is 12.5. The van der Waals surface area contributed by atoms with Crippen molar-refractivity contribution in [1.29, 1.82) is 0 Å². The minimum absolute atomic E-state index is 0. The minimum Gasteiger partial charge on any atom is -0.268 e. The number of alkyl halides is 3. The highest BCUT2D eigenvalue weighted by Crippen LogP contribution is 2.26. The third-order valence-electron chi connectivity index (χ3n) is 2.15. The normalized spacial score (nSPS) is 10.8. The second-order valence-electron chi connectivity index (χ2n) is 3.28. The second kappa shape index (κ2) is 5.22. The standard InChI is InChI=1S/C11H7F3N2O.ClH/c12-11(13,14)8-4-3-7-16(10(8)17)9-5-1-2-6-15-9;/h1-7H;1H. The molecule has 18 heavy (non-hydrogen) atoms. The van der Waals surface area contributed by atoms with Crippen molar-refractivity contribution in [3.05, 3.63) is 58.6 Å². The van der Waals surface area contributed by atoms with Crippen LogP contribution in [0.5, 0.6) is 0 Å². The van der Waals surface area contributed by atoms with Gasteiger partial charge in [0.2, 0.25) is 0 Å². The molecule has 0 saturated carbocycles. The van der Waals surface area contributed by atoms with E-state index in [9.17, 15) is 18.0 Å². The third kappa shape index (κ3) is 2.70. The molecule has 0 aromatic carbocycles. The number of halogens is 4. The predicted octanol–water partition coefficient (Wildman–Crippen LogP) is 2.67. The molecule has 0 aliphatic heterocycles. The maximum atomic E-state index is 12.5. The summed E-state index contributed by atoms with van der Waals surface area (Å²) >= 11 is 0. The first-order valence-corrected chi connectivity index (χ1v) is 4.70. The van der Waals surface area contributed by atoms with E-state index in [4.69, 9.17) is 0 Å². The van der Waals surface area contributed by atoms with Crippen LogP contribution >= 0.6 is 12.4 Å². The van der Waals surface area contributed by atoms with Crippen molar-refractivity contribution >= 4 is 12.4 Å². The van der Waals surface area contributed by atoms with E-state index in [-0.39, 0.29) is 18.2 Å². The van der Waals surface area contributed by atoms with Crippen LogP contribution < -0.4 is 5.56 Å². The summed E-state index contributed by atoms with van der Waals surface area (Å²) < 4.78 is 38.4. The van der Waals surface area contributed by atoms with Gasteiger partial charge in [-0.3, -0.25) is 9.36 Å². The lowest BCUT2D eigenvalue weighted by molar-refractivity contribution is -0.138. The zero-order valence-corrected chi connectivity index (χ0v) is 9.70. The molecular formula is C11H8ClF3N2O. The molecule has 0 atom stereocenters. The van der Waals surface area contributed by atoms with Crippen LogP contribution in [0.15, 0.2) is 47.5 Å². The highest BCUT2D eigenvalue weighted by atomic mass is 35.5. The van der Waals surface area contributed by atoms with Gasteiger partial charge in [0.25, 0.3) is 5.56 Å². The Morgan fingerprint density at radius 3 is 2.39 bits per heavy atom. The summed E-state index contributed by atoms with van der Waals surface area (Å²) in [4.78, 5) is 15.4. The van der Waals surface area contributed by atoms with E-state index in [1.54, 1.807) is 12.1 Å². The first kappa shape index (κ1) is 14.2. The fourth-order valence-electron chi connectivity index (χ4n) is 1.39. The van der Waals surface area contributed by atoms with Crippen molar-refractivity contribution < 1.29 is 13.2 Å². The Balaban J connectivity index is 0.00000162. The maximum Gasteiger partial charge on any atom is 0.421 e. The molecule has 2 aromatic heterocycles. The van der Waals surface area contributed by atoms with Gasteiger partial charge >= 0.3 is 6.18 Å². The van der Waals surface area contributed by atoms with Crippen LogP contribution in [-0.2, 0) is 6.18 Å². The van der Waals surface area contributed by atoms with E-state index in [2.05, 4.69) is 4.98 Å². The van der Waals surface area contributed by atoms with Gasteiger partial charge in [-0.25, -0.2) is 4.98 Å². The molecule has 0 aliphatic carbocycles. The van der Waals surface area contributed by atoms with Crippen LogP contribution in [0.2, 0.25) is 0 Å². The van der Waals surface area contributed by atoms with Crippen molar-refractivity contribution in [2.24, 2.45) is 0 Å². The molecule has 0 spiro atoms. The summed E-state index contributed by atoms with van der Waals surface area (Å²) in [7, 11) is 0. The van der Waals surface area contributed by atoms with Crippen LogP contribution in [0.25, 0.3) is 5.82 Å². The highest BCUT2D eigenvalue weighted by molar-refractivity contribution is 5.85. The van der Waals surface area contributed by atoms with Crippen LogP contribution in [0, 0.1) is 0 Å². The number of hydrogen-bond donors (Lipinski definition) is 0. The molecule has 3 nitrogen and oxygen atoms in total. The first-order valence-electron chi connectivity index (χ1n) is 4.70. The van der Waals surface area contributed by atoms with Crippen LogP contribution in [0.1, 0.15) is 5.56 Å². The van der Waals surface area contributed by atoms with Crippen molar-refractivity contribution in [1.82, 2.24) is 9.55 Å². The van der Waals surface area contributed by atoms with Gasteiger partial charge in [-0.1, -0.05) is 6.07 Å². The summed E-state index contributed by atoms with van der Waals surface area (Å²) in [5.74, 6) is 0.156. The van der Waals surface area contributed by atoms with Gasteiger partial charge in [-0.15, -0.1) is 12.4 Å². The van der Waals surface area contributed by atoms with Gasteiger partial charge in [0.1, 0.15) is 11.4 Å². The van der Waals surface area contributed by atoms with Gasteiger partial charge in [0.15, 0.2) is 0 Å². The summed E-state index contributed by atoms with van der Waals surface area (Å²) in [5, 5.41) is 0. The summed E-state index contributed by atoms with van der Waals surface area (Å²) in [6, 6.07) is 6.58. The van der Waals surface area contributed by atoms with E-state index < -0.39 is 17.3 Å². The van der Waals surface area contributed by atoms with Crippen molar-refractivity contribution in [3.63, 3.8) is 0 Å². The van der Waals surface area contributed by atoms with Crippen LogP contribution in [-0.4, -0.2) is 9.55 Å². The molecule has 0 radical (unpaired) electrons. The molecule has 0 bridgehead atoms. The lowest BCUT2D eigenvalue weighted by Crippen LogP contribution is -2.27. The zero-order valence-electron chi connectivity index (χ0n) is 8.89. The summed E-state index contributed by atoms with van der Waals surface area (Å²) in [6.45, 7) is 0. The molecule has 7 heteroatoms. The second-order valence-corrected chi connectivity index (χ2v) is 3.28. The largest absolute Gasteiger partial charge is 0.421 e. The van der Waals surface area contributed by atoms with E-state index in [1.807, 2.05) is 0 Å². The molecule has 0 aliphatic rings. The fraction of sp³-hybridized carbons (Fsp3) is 0.0909. The molecule has 0 N–H and O–H groups in total. The number of rotatable bonds is 1. The molecule has 2 heterocycles. The molecule has 96 valence electrons. The van der Waals surface area contributed by atoms with E-state index in [0.717, 1.165) is 10.6 Å². The Hall–Kier alpha value is -1.82. The Bertz CT molecular complexity index is 581. The van der Waals surface area contributed by atoms with Gasteiger partial charge in [0.05, 0.1) is 0 Å². The van der Waals surface area contributed by atoms with E-state index in [1.165, 1.54) is 24.5 Å². The monoisotopic (exact) mass is 276 g/mol. The third-order valence-corrected chi connectivity index (χ3v) is 2.15. The molecule has 0 amide bonds. The van der Waals surface area contributed by atoms with E-state index in [0.29, 0.717) is 0 Å².